The van der Waals surface area contributed by atoms with Crippen LogP contribution in [0.4, 0.5) is 0 Å². The number of carbonyl (C=O) groups excluding carboxylic acids is 3. The fourth-order valence-corrected chi connectivity index (χ4v) is 5.86. The van der Waals surface area contributed by atoms with Crippen LogP contribution < -0.4 is 0 Å². The van der Waals surface area contributed by atoms with Crippen molar-refractivity contribution in [3.63, 3.8) is 0 Å². The zero-order valence-electron chi connectivity index (χ0n) is 20.2. The van der Waals surface area contributed by atoms with Gasteiger partial charge in [-0.05, 0) is 38.5 Å². The summed E-state index contributed by atoms with van der Waals surface area (Å²) in [5.41, 5.74) is -1.18. The first kappa shape index (κ1) is 24.9. The minimum absolute atomic E-state index is 0.0991. The van der Waals surface area contributed by atoms with Crippen molar-refractivity contribution in [2.45, 2.75) is 76.0 Å². The van der Waals surface area contributed by atoms with Crippen LogP contribution in [0, 0.1) is 11.8 Å². The van der Waals surface area contributed by atoms with Gasteiger partial charge in [0.2, 0.25) is 11.8 Å². The molecule has 0 aromatic rings. The Bertz CT molecular complexity index is 826. The number of amides is 2. The Labute approximate surface area is 201 Å². The van der Waals surface area contributed by atoms with Crippen LogP contribution in [-0.2, 0) is 23.9 Å². The summed E-state index contributed by atoms with van der Waals surface area (Å²) >= 11 is 0. The van der Waals surface area contributed by atoms with Gasteiger partial charge in [0.25, 0.3) is 0 Å². The summed E-state index contributed by atoms with van der Waals surface area (Å²) in [5, 5.41) is 9.15. The monoisotopic (exact) mass is 474 g/mol. The highest BCUT2D eigenvalue weighted by Gasteiger charge is 2.71. The molecular formula is C26H38N2O6. The van der Waals surface area contributed by atoms with Gasteiger partial charge in [0.05, 0.1) is 18.6 Å². The van der Waals surface area contributed by atoms with Crippen molar-refractivity contribution in [1.29, 1.82) is 0 Å². The van der Waals surface area contributed by atoms with E-state index in [0.717, 1.165) is 38.5 Å². The minimum atomic E-state index is -1.18. The number of rotatable bonds is 9. The summed E-state index contributed by atoms with van der Waals surface area (Å²) in [5.74, 6) is -2.29. The normalized spacial score (nSPS) is 34.0. The lowest BCUT2D eigenvalue weighted by molar-refractivity contribution is -0.154. The number of esters is 1. The summed E-state index contributed by atoms with van der Waals surface area (Å²) in [6.45, 7) is 4.04. The van der Waals surface area contributed by atoms with E-state index in [-0.39, 0.29) is 18.4 Å². The predicted molar refractivity (Wildman–Crippen MR) is 126 cm³/mol. The maximum absolute atomic E-state index is 13.9. The van der Waals surface area contributed by atoms with Crippen molar-refractivity contribution < 1.29 is 29.0 Å². The molecule has 2 fully saturated rings. The van der Waals surface area contributed by atoms with Crippen molar-refractivity contribution in [2.24, 2.45) is 11.8 Å². The molecule has 4 aliphatic heterocycles. The second kappa shape index (κ2) is 11.0. The van der Waals surface area contributed by atoms with Crippen LogP contribution in [-0.4, -0.2) is 83.3 Å². The number of unbranched alkanes of at least 4 members (excludes halogenated alkanes) is 4. The van der Waals surface area contributed by atoms with E-state index in [1.54, 1.807) is 4.90 Å². The molecular weight excluding hydrogens is 436 g/mol. The number of ether oxygens (including phenoxy) is 2. The number of likely N-dealkylation sites (tertiary alicyclic amines) is 1. The van der Waals surface area contributed by atoms with Gasteiger partial charge in [-0.3, -0.25) is 14.4 Å². The fourth-order valence-electron chi connectivity index (χ4n) is 5.86. The van der Waals surface area contributed by atoms with Crippen LogP contribution in [0.15, 0.2) is 24.3 Å². The molecule has 1 N–H and O–H groups in total. The van der Waals surface area contributed by atoms with Gasteiger partial charge in [0.15, 0.2) is 0 Å². The van der Waals surface area contributed by atoms with Crippen LogP contribution in [0.2, 0.25) is 0 Å². The molecule has 5 atom stereocenters. The van der Waals surface area contributed by atoms with E-state index in [4.69, 9.17) is 14.6 Å². The standard InChI is InChI=1S/C26H38N2O6/c1-2-3-7-14-27-15-11-13-26-21(20-19(34-26)12-6-4-10-18-33-25(20)32)23(30)28(22(26)24(27)31)16-8-5-9-17-29/h6,11-13,19-22,29H,2-5,7-10,14-18H2,1H3/b12-6-/t19-,20?,21+,22-,26?/m1/s1. The highest BCUT2D eigenvalue weighted by molar-refractivity contribution is 5.99. The Balaban J connectivity index is 1.69. The summed E-state index contributed by atoms with van der Waals surface area (Å²) in [6, 6.07) is -0.795. The van der Waals surface area contributed by atoms with Crippen LogP contribution in [0.1, 0.15) is 58.3 Å². The smallest absolute Gasteiger partial charge is 0.312 e. The second-order valence-corrected chi connectivity index (χ2v) is 9.79. The van der Waals surface area contributed by atoms with Gasteiger partial charge in [-0.25, -0.2) is 0 Å². The molecule has 2 unspecified atom stereocenters. The van der Waals surface area contributed by atoms with Gasteiger partial charge in [-0.2, -0.15) is 0 Å². The first-order valence-corrected chi connectivity index (χ1v) is 12.9. The Morgan fingerprint density at radius 2 is 1.88 bits per heavy atom. The highest BCUT2D eigenvalue weighted by Crippen LogP contribution is 2.53. The Morgan fingerprint density at radius 3 is 2.68 bits per heavy atom. The van der Waals surface area contributed by atoms with E-state index in [9.17, 15) is 14.4 Å². The molecule has 0 aromatic carbocycles. The number of cyclic esters (lactones) is 1. The molecule has 4 heterocycles. The number of hydrogen-bond donors (Lipinski definition) is 1. The van der Waals surface area contributed by atoms with E-state index in [2.05, 4.69) is 6.92 Å². The van der Waals surface area contributed by atoms with Gasteiger partial charge in [0, 0.05) is 26.2 Å². The average molecular weight is 475 g/mol. The van der Waals surface area contributed by atoms with E-state index in [1.807, 2.05) is 29.2 Å². The maximum Gasteiger partial charge on any atom is 0.312 e. The summed E-state index contributed by atoms with van der Waals surface area (Å²) in [6.07, 6.45) is 13.7. The third-order valence-electron chi connectivity index (χ3n) is 7.52. The highest BCUT2D eigenvalue weighted by atomic mass is 16.6. The number of aliphatic hydroxyl groups is 1. The average Bonchev–Trinajstić information content (AvgIpc) is 3.23. The molecule has 0 saturated carbocycles. The molecule has 0 aliphatic carbocycles. The van der Waals surface area contributed by atoms with Crippen LogP contribution in [0.3, 0.4) is 0 Å². The summed E-state index contributed by atoms with van der Waals surface area (Å²) in [4.78, 5) is 44.4. The number of aliphatic hydroxyl groups excluding tert-OH is 1. The number of nitrogens with zero attached hydrogens (tertiary/aromatic N) is 2. The summed E-state index contributed by atoms with van der Waals surface area (Å²) in [7, 11) is 0. The molecule has 2 amide bonds. The Hall–Kier alpha value is -2.19. The predicted octanol–water partition coefficient (Wildman–Crippen LogP) is 2.21. The van der Waals surface area contributed by atoms with Gasteiger partial charge < -0.3 is 24.4 Å². The molecule has 0 aromatic heterocycles. The second-order valence-electron chi connectivity index (χ2n) is 9.79. The molecule has 1 spiro atoms. The third-order valence-corrected chi connectivity index (χ3v) is 7.52. The largest absolute Gasteiger partial charge is 0.465 e. The molecule has 188 valence electrons. The molecule has 8 nitrogen and oxygen atoms in total. The lowest BCUT2D eigenvalue weighted by Gasteiger charge is -2.35. The van der Waals surface area contributed by atoms with Crippen molar-refractivity contribution in [2.75, 3.05) is 32.8 Å². The first-order valence-electron chi connectivity index (χ1n) is 12.9. The SMILES string of the molecule is CCCCCN1CC=CC23O[C@@H]4/C=C\CCCOC(=O)C4[C@H]2C(=O)N(CCCCCO)[C@@H]3C1=O. The maximum atomic E-state index is 13.9. The molecule has 8 heteroatoms. The van der Waals surface area contributed by atoms with Crippen molar-refractivity contribution in [3.05, 3.63) is 24.3 Å². The van der Waals surface area contributed by atoms with E-state index >= 15 is 0 Å². The van der Waals surface area contributed by atoms with Crippen LogP contribution in [0.25, 0.3) is 0 Å². The molecule has 0 radical (unpaired) electrons. The minimum Gasteiger partial charge on any atom is -0.465 e. The summed E-state index contributed by atoms with van der Waals surface area (Å²) < 4.78 is 12.1. The molecule has 0 bridgehead atoms. The van der Waals surface area contributed by atoms with E-state index in [0.29, 0.717) is 39.1 Å². The fraction of sp³-hybridized carbons (Fsp3) is 0.731. The molecule has 34 heavy (non-hydrogen) atoms. The molecule has 4 rings (SSSR count). The number of allylic oxidation sites excluding steroid dienone is 1. The Kier molecular flexibility index (Phi) is 8.09. The third kappa shape index (κ3) is 4.54. The zero-order valence-corrected chi connectivity index (χ0v) is 20.2. The van der Waals surface area contributed by atoms with E-state index in [1.165, 1.54) is 0 Å². The number of fused-ring (bicyclic) bond motifs is 2. The van der Waals surface area contributed by atoms with Crippen molar-refractivity contribution in [1.82, 2.24) is 9.80 Å². The number of carbonyl (C=O) groups is 3. The topological polar surface area (TPSA) is 96.4 Å². The lowest BCUT2D eigenvalue weighted by Crippen LogP contribution is -2.55. The Morgan fingerprint density at radius 1 is 1.06 bits per heavy atom. The van der Waals surface area contributed by atoms with Crippen LogP contribution in [0.5, 0.6) is 0 Å². The van der Waals surface area contributed by atoms with Crippen molar-refractivity contribution >= 4 is 17.8 Å². The molecule has 2 saturated heterocycles. The quantitative estimate of drug-likeness (QED) is 0.313. The molecule has 4 aliphatic rings. The van der Waals surface area contributed by atoms with Gasteiger partial charge in [-0.1, -0.05) is 44.1 Å². The van der Waals surface area contributed by atoms with Gasteiger partial charge in [0.1, 0.15) is 17.6 Å². The van der Waals surface area contributed by atoms with Gasteiger partial charge >= 0.3 is 5.97 Å². The van der Waals surface area contributed by atoms with Crippen molar-refractivity contribution in [3.8, 4) is 0 Å². The first-order chi connectivity index (χ1) is 16.5. The van der Waals surface area contributed by atoms with Gasteiger partial charge in [-0.15, -0.1) is 0 Å². The lowest BCUT2D eigenvalue weighted by atomic mass is 9.78. The van der Waals surface area contributed by atoms with E-state index < -0.39 is 35.6 Å². The zero-order chi connectivity index (χ0) is 24.1. The number of hydrogen-bond acceptors (Lipinski definition) is 6. The van der Waals surface area contributed by atoms with Crippen LogP contribution >= 0.6 is 0 Å².